The van der Waals surface area contributed by atoms with Crippen LogP contribution in [0.5, 0.6) is 5.75 Å². The number of nitriles is 1. The first-order valence-electron chi connectivity index (χ1n) is 10.2. The van der Waals surface area contributed by atoms with Gasteiger partial charge in [-0.2, -0.15) is 5.26 Å². The van der Waals surface area contributed by atoms with Crippen molar-refractivity contribution in [2.75, 3.05) is 5.32 Å². The summed E-state index contributed by atoms with van der Waals surface area (Å²) in [5.41, 5.74) is 2.36. The molecule has 168 valence electrons. The largest absolute Gasteiger partial charge is 0.487 e. The summed E-state index contributed by atoms with van der Waals surface area (Å²) in [5, 5.41) is 14.6. The third-order valence-corrected chi connectivity index (χ3v) is 6.76. The minimum absolute atomic E-state index is 0.00820. The highest BCUT2D eigenvalue weighted by molar-refractivity contribution is 9.11. The molecule has 0 radical (unpaired) electrons. The number of hydrogen-bond acceptors (Lipinski definition) is 3. The Morgan fingerprint density at radius 3 is 2.32 bits per heavy atom. The molecule has 4 aromatic rings. The lowest BCUT2D eigenvalue weighted by atomic mass is 10.1. The molecule has 0 saturated heterocycles. The second-order valence-corrected chi connectivity index (χ2v) is 10.00. The van der Waals surface area contributed by atoms with Gasteiger partial charge in [-0.3, -0.25) is 4.79 Å². The van der Waals surface area contributed by atoms with Crippen LogP contribution >= 0.6 is 47.8 Å². The van der Waals surface area contributed by atoms with Gasteiger partial charge in [0.2, 0.25) is 0 Å². The predicted octanol–water partition coefficient (Wildman–Crippen LogP) is 8.25. The van der Waals surface area contributed by atoms with Gasteiger partial charge in [-0.1, -0.05) is 58.4 Å². The molecule has 0 atom stereocenters. The first-order valence-corrected chi connectivity index (χ1v) is 12.6. The van der Waals surface area contributed by atoms with E-state index in [-0.39, 0.29) is 5.57 Å². The minimum atomic E-state index is -0.478. The molecule has 0 spiro atoms. The number of amides is 1. The van der Waals surface area contributed by atoms with Crippen molar-refractivity contribution in [3.63, 3.8) is 0 Å². The molecule has 0 unspecified atom stereocenters. The number of hydrogen-bond donors (Lipinski definition) is 1. The molecular weight excluding hydrogens is 624 g/mol. The van der Waals surface area contributed by atoms with Gasteiger partial charge in [0, 0.05) is 10.2 Å². The molecule has 4 rings (SSSR count). The third kappa shape index (κ3) is 5.76. The molecule has 0 fully saturated rings. The van der Waals surface area contributed by atoms with Crippen molar-refractivity contribution in [1.82, 2.24) is 0 Å². The number of carbonyl (C=O) groups excluding carboxylic acids is 1. The van der Waals surface area contributed by atoms with Crippen molar-refractivity contribution in [1.29, 1.82) is 5.26 Å². The first-order chi connectivity index (χ1) is 16.4. The van der Waals surface area contributed by atoms with E-state index in [2.05, 4.69) is 71.3 Å². The number of ether oxygens (including phenoxy) is 1. The normalized spacial score (nSPS) is 11.2. The Kier molecular flexibility index (Phi) is 7.84. The van der Waals surface area contributed by atoms with Crippen LogP contribution in [0.2, 0.25) is 0 Å². The van der Waals surface area contributed by atoms with Crippen molar-refractivity contribution in [3.05, 3.63) is 109 Å². The van der Waals surface area contributed by atoms with E-state index < -0.39 is 5.91 Å². The second kappa shape index (κ2) is 11.0. The van der Waals surface area contributed by atoms with Crippen molar-refractivity contribution in [3.8, 4) is 11.8 Å². The number of fused-ring (bicyclic) bond motifs is 1. The Balaban J connectivity index is 1.53. The van der Waals surface area contributed by atoms with Crippen LogP contribution in [-0.4, -0.2) is 5.91 Å². The molecule has 4 aromatic carbocycles. The fraction of sp³-hybridized carbons (Fsp3) is 0.0370. The van der Waals surface area contributed by atoms with Gasteiger partial charge in [-0.15, -0.1) is 0 Å². The Morgan fingerprint density at radius 2 is 1.62 bits per heavy atom. The van der Waals surface area contributed by atoms with Gasteiger partial charge < -0.3 is 10.1 Å². The molecule has 0 saturated carbocycles. The van der Waals surface area contributed by atoms with Crippen LogP contribution in [0.4, 0.5) is 5.69 Å². The molecule has 0 aliphatic carbocycles. The molecule has 0 heterocycles. The molecular formula is C27H17Br3N2O2. The topological polar surface area (TPSA) is 62.1 Å². The van der Waals surface area contributed by atoms with Crippen LogP contribution < -0.4 is 10.1 Å². The SMILES string of the molecule is N#C/C(=C/c1cc(Br)c(OCc2cccc3ccccc23)c(Br)c1)C(=O)Nc1ccc(Br)cc1. The molecule has 0 aromatic heterocycles. The predicted molar refractivity (Wildman–Crippen MR) is 146 cm³/mol. The number of halogens is 3. The second-order valence-electron chi connectivity index (χ2n) is 7.37. The van der Waals surface area contributed by atoms with Gasteiger partial charge in [0.05, 0.1) is 8.95 Å². The quantitative estimate of drug-likeness (QED) is 0.171. The maximum absolute atomic E-state index is 12.6. The average molecular weight is 641 g/mol. The maximum atomic E-state index is 12.6. The summed E-state index contributed by atoms with van der Waals surface area (Å²) >= 11 is 10.5. The highest BCUT2D eigenvalue weighted by atomic mass is 79.9. The first kappa shape index (κ1) is 24.2. The molecule has 0 bridgehead atoms. The Hall–Kier alpha value is -2.92. The fourth-order valence-electron chi connectivity index (χ4n) is 3.42. The number of rotatable bonds is 6. The summed E-state index contributed by atoms with van der Waals surface area (Å²) in [6.07, 6.45) is 1.54. The zero-order valence-electron chi connectivity index (χ0n) is 17.7. The smallest absolute Gasteiger partial charge is 0.266 e. The molecule has 7 heteroatoms. The van der Waals surface area contributed by atoms with E-state index in [4.69, 9.17) is 4.74 Å². The van der Waals surface area contributed by atoms with Gasteiger partial charge >= 0.3 is 0 Å². The monoisotopic (exact) mass is 638 g/mol. The van der Waals surface area contributed by atoms with Crippen molar-refractivity contribution < 1.29 is 9.53 Å². The fourth-order valence-corrected chi connectivity index (χ4v) is 5.13. The van der Waals surface area contributed by atoms with Gasteiger partial charge in [0.25, 0.3) is 5.91 Å². The highest BCUT2D eigenvalue weighted by Gasteiger charge is 2.13. The number of nitrogens with zero attached hydrogens (tertiary/aromatic N) is 1. The van der Waals surface area contributed by atoms with E-state index in [0.717, 1.165) is 20.8 Å². The summed E-state index contributed by atoms with van der Waals surface area (Å²) < 4.78 is 8.44. The van der Waals surface area contributed by atoms with Crippen molar-refractivity contribution >= 4 is 76.2 Å². The van der Waals surface area contributed by atoms with Crippen LogP contribution in [0, 0.1) is 11.3 Å². The molecule has 1 amide bonds. The van der Waals surface area contributed by atoms with E-state index in [1.165, 1.54) is 6.08 Å². The zero-order valence-corrected chi connectivity index (χ0v) is 22.4. The maximum Gasteiger partial charge on any atom is 0.266 e. The lowest BCUT2D eigenvalue weighted by Gasteiger charge is -2.13. The van der Waals surface area contributed by atoms with E-state index in [1.807, 2.05) is 54.6 Å². The van der Waals surface area contributed by atoms with Crippen LogP contribution in [0.15, 0.2) is 97.9 Å². The lowest BCUT2D eigenvalue weighted by Crippen LogP contribution is -2.13. The van der Waals surface area contributed by atoms with Gasteiger partial charge in [-0.25, -0.2) is 0 Å². The number of nitrogens with one attached hydrogen (secondary N) is 1. The minimum Gasteiger partial charge on any atom is -0.487 e. The third-order valence-electron chi connectivity index (χ3n) is 5.05. The zero-order chi connectivity index (χ0) is 24.1. The van der Waals surface area contributed by atoms with Crippen molar-refractivity contribution in [2.45, 2.75) is 6.61 Å². The van der Waals surface area contributed by atoms with Crippen LogP contribution in [0.3, 0.4) is 0 Å². The summed E-state index contributed by atoms with van der Waals surface area (Å²) in [7, 11) is 0. The van der Waals surface area contributed by atoms with E-state index in [9.17, 15) is 10.1 Å². The van der Waals surface area contributed by atoms with E-state index in [1.54, 1.807) is 12.1 Å². The summed E-state index contributed by atoms with van der Waals surface area (Å²) in [4.78, 5) is 12.6. The standard InChI is InChI=1S/C27H17Br3N2O2/c28-21-8-10-22(11-9-21)32-27(33)20(15-31)12-17-13-24(29)26(25(30)14-17)34-16-19-6-3-5-18-4-1-2-7-23(18)19/h1-14H,16H2,(H,32,33)/b20-12-. The lowest BCUT2D eigenvalue weighted by molar-refractivity contribution is -0.112. The highest BCUT2D eigenvalue weighted by Crippen LogP contribution is 2.36. The molecule has 1 N–H and O–H groups in total. The Bertz CT molecular complexity index is 1410. The summed E-state index contributed by atoms with van der Waals surface area (Å²) in [6, 6.07) is 27.1. The van der Waals surface area contributed by atoms with E-state index in [0.29, 0.717) is 32.6 Å². The Morgan fingerprint density at radius 1 is 0.941 bits per heavy atom. The summed E-state index contributed by atoms with van der Waals surface area (Å²) in [5.74, 6) is 0.163. The van der Waals surface area contributed by atoms with Gasteiger partial charge in [0.1, 0.15) is 24.0 Å². The van der Waals surface area contributed by atoms with Crippen molar-refractivity contribution in [2.24, 2.45) is 0 Å². The molecule has 34 heavy (non-hydrogen) atoms. The number of benzene rings is 4. The number of anilines is 1. The number of carbonyl (C=O) groups is 1. The van der Waals surface area contributed by atoms with Gasteiger partial charge in [-0.05, 0) is 96.2 Å². The molecule has 0 aliphatic heterocycles. The summed E-state index contributed by atoms with van der Waals surface area (Å²) in [6.45, 7) is 0.396. The van der Waals surface area contributed by atoms with E-state index >= 15 is 0 Å². The average Bonchev–Trinajstić information content (AvgIpc) is 2.83. The van der Waals surface area contributed by atoms with Crippen LogP contribution in [0.1, 0.15) is 11.1 Å². The molecule has 0 aliphatic rings. The van der Waals surface area contributed by atoms with Gasteiger partial charge in [0.15, 0.2) is 0 Å². The van der Waals surface area contributed by atoms with Crippen LogP contribution in [-0.2, 0) is 11.4 Å². The molecule has 4 nitrogen and oxygen atoms in total. The van der Waals surface area contributed by atoms with Crippen LogP contribution in [0.25, 0.3) is 16.8 Å². The Labute approximate surface area is 222 Å².